The Balaban J connectivity index is 2.03. The quantitative estimate of drug-likeness (QED) is 0.806. The van der Waals surface area contributed by atoms with Crippen LogP contribution in [0.25, 0.3) is 0 Å². The summed E-state index contributed by atoms with van der Waals surface area (Å²) < 4.78 is 13.2. The molecule has 1 unspecified atom stereocenters. The smallest absolute Gasteiger partial charge is 0.141 e. The van der Waals surface area contributed by atoms with E-state index in [-0.39, 0.29) is 10.8 Å². The van der Waals surface area contributed by atoms with Crippen molar-refractivity contribution in [2.75, 3.05) is 6.54 Å². The van der Waals surface area contributed by atoms with E-state index in [0.717, 1.165) is 30.9 Å². The zero-order valence-corrected chi connectivity index (χ0v) is 12.3. The fraction of sp³-hybridized carbons (Fsp3) is 0.625. The molecule has 0 aromatic heterocycles. The Hall–Kier alpha value is -0.600. The molecule has 0 amide bonds. The average molecular weight is 284 g/mol. The summed E-state index contributed by atoms with van der Waals surface area (Å²) in [6, 6.07) is 5.61. The van der Waals surface area contributed by atoms with E-state index in [1.807, 2.05) is 6.07 Å². The highest BCUT2D eigenvalue weighted by Gasteiger charge is 2.24. The monoisotopic (exact) mass is 283 g/mol. The van der Waals surface area contributed by atoms with Crippen LogP contribution in [0.4, 0.5) is 4.39 Å². The molecule has 1 N–H and O–H groups in total. The van der Waals surface area contributed by atoms with E-state index < -0.39 is 0 Å². The molecule has 3 heteroatoms. The molecule has 1 aliphatic carbocycles. The van der Waals surface area contributed by atoms with Crippen LogP contribution in [0.2, 0.25) is 5.02 Å². The first-order chi connectivity index (χ1) is 9.20. The number of benzene rings is 1. The van der Waals surface area contributed by atoms with Crippen LogP contribution in [-0.2, 0) is 6.42 Å². The Morgan fingerprint density at radius 3 is 2.74 bits per heavy atom. The molecule has 1 nitrogen and oxygen atoms in total. The molecule has 1 fully saturated rings. The summed E-state index contributed by atoms with van der Waals surface area (Å²) in [5.41, 5.74) is 1.13. The van der Waals surface area contributed by atoms with Crippen LogP contribution in [0.5, 0.6) is 0 Å². The second-order valence-electron chi connectivity index (χ2n) is 5.56. The van der Waals surface area contributed by atoms with Gasteiger partial charge in [0.2, 0.25) is 0 Å². The van der Waals surface area contributed by atoms with Gasteiger partial charge < -0.3 is 5.32 Å². The number of rotatable bonds is 6. The van der Waals surface area contributed by atoms with Crippen LogP contribution in [-0.4, -0.2) is 12.6 Å². The van der Waals surface area contributed by atoms with Crippen LogP contribution in [0, 0.1) is 11.7 Å². The highest BCUT2D eigenvalue weighted by Crippen LogP contribution is 2.29. The first-order valence-corrected chi connectivity index (χ1v) is 7.75. The molecule has 0 aliphatic heterocycles. The Morgan fingerprint density at radius 2 is 2.11 bits per heavy atom. The van der Waals surface area contributed by atoms with Crippen LogP contribution >= 0.6 is 11.6 Å². The minimum absolute atomic E-state index is 0.234. The minimum Gasteiger partial charge on any atom is -0.313 e. The van der Waals surface area contributed by atoms with Gasteiger partial charge in [-0.15, -0.1) is 0 Å². The molecule has 106 valence electrons. The molecule has 1 aliphatic rings. The SMILES string of the molecule is CCCNC(Cc1ccc(F)c(Cl)c1)C1CCCC1. The molecule has 2 rings (SSSR count). The standard InChI is InChI=1S/C16H23ClFN/c1-2-9-19-16(13-5-3-4-6-13)11-12-7-8-15(18)14(17)10-12/h7-8,10,13,16,19H,2-6,9,11H2,1H3. The number of hydrogen-bond acceptors (Lipinski definition) is 1. The maximum absolute atomic E-state index is 13.2. The van der Waals surface area contributed by atoms with Gasteiger partial charge >= 0.3 is 0 Å². The lowest BCUT2D eigenvalue weighted by Crippen LogP contribution is -2.37. The van der Waals surface area contributed by atoms with E-state index in [2.05, 4.69) is 12.2 Å². The van der Waals surface area contributed by atoms with Crippen LogP contribution in [0.3, 0.4) is 0 Å². The molecule has 0 saturated heterocycles. The van der Waals surface area contributed by atoms with Gasteiger partial charge in [0.25, 0.3) is 0 Å². The number of halogens is 2. The fourth-order valence-corrected chi connectivity index (χ4v) is 3.22. The van der Waals surface area contributed by atoms with Crippen molar-refractivity contribution in [2.24, 2.45) is 5.92 Å². The molecule has 0 radical (unpaired) electrons. The van der Waals surface area contributed by atoms with E-state index in [4.69, 9.17) is 11.6 Å². The van der Waals surface area contributed by atoms with E-state index in [1.54, 1.807) is 6.07 Å². The Bertz CT molecular complexity index is 402. The fourth-order valence-electron chi connectivity index (χ4n) is 3.02. The second kappa shape index (κ2) is 7.25. The van der Waals surface area contributed by atoms with Crippen molar-refractivity contribution < 1.29 is 4.39 Å². The Morgan fingerprint density at radius 1 is 1.37 bits per heavy atom. The zero-order valence-electron chi connectivity index (χ0n) is 11.6. The maximum atomic E-state index is 13.2. The van der Waals surface area contributed by atoms with Crippen LogP contribution in [0.1, 0.15) is 44.6 Å². The lowest BCUT2D eigenvalue weighted by atomic mass is 9.92. The topological polar surface area (TPSA) is 12.0 Å². The highest BCUT2D eigenvalue weighted by atomic mass is 35.5. The molecule has 0 heterocycles. The molecule has 0 spiro atoms. The summed E-state index contributed by atoms with van der Waals surface area (Å²) in [6.07, 6.45) is 7.42. The van der Waals surface area contributed by atoms with Gasteiger partial charge in [0.15, 0.2) is 0 Å². The summed E-state index contributed by atoms with van der Waals surface area (Å²) >= 11 is 5.87. The van der Waals surface area contributed by atoms with Gasteiger partial charge in [0, 0.05) is 6.04 Å². The molecule has 19 heavy (non-hydrogen) atoms. The first-order valence-electron chi connectivity index (χ1n) is 7.38. The molecular formula is C16H23ClFN. The molecule has 1 atom stereocenters. The van der Waals surface area contributed by atoms with Gasteiger partial charge in [-0.2, -0.15) is 0 Å². The molecular weight excluding hydrogens is 261 g/mol. The van der Waals surface area contributed by atoms with Crippen molar-refractivity contribution in [1.29, 1.82) is 0 Å². The normalized spacial score (nSPS) is 17.8. The Kier molecular flexibility index (Phi) is 5.65. The molecule has 1 aromatic rings. The summed E-state index contributed by atoms with van der Waals surface area (Å²) in [6.45, 7) is 3.24. The van der Waals surface area contributed by atoms with Crippen LogP contribution < -0.4 is 5.32 Å². The predicted molar refractivity (Wildman–Crippen MR) is 79.2 cm³/mol. The molecule has 1 aromatic carbocycles. The lowest BCUT2D eigenvalue weighted by molar-refractivity contribution is 0.356. The van der Waals surface area contributed by atoms with Crippen molar-refractivity contribution in [1.82, 2.24) is 5.32 Å². The highest BCUT2D eigenvalue weighted by molar-refractivity contribution is 6.30. The molecule has 1 saturated carbocycles. The summed E-state index contributed by atoms with van der Waals surface area (Å²) in [4.78, 5) is 0. The van der Waals surface area contributed by atoms with Crippen molar-refractivity contribution in [3.8, 4) is 0 Å². The third kappa shape index (κ3) is 4.19. The second-order valence-corrected chi connectivity index (χ2v) is 5.96. The largest absolute Gasteiger partial charge is 0.313 e. The van der Waals surface area contributed by atoms with Gasteiger partial charge in [0.05, 0.1) is 5.02 Å². The van der Waals surface area contributed by atoms with Gasteiger partial charge in [-0.05, 0) is 55.8 Å². The summed E-state index contributed by atoms with van der Waals surface area (Å²) in [5.74, 6) is 0.430. The van der Waals surface area contributed by atoms with E-state index in [0.29, 0.717) is 6.04 Å². The minimum atomic E-state index is -0.329. The maximum Gasteiger partial charge on any atom is 0.141 e. The van der Waals surface area contributed by atoms with Crippen molar-refractivity contribution in [3.05, 3.63) is 34.6 Å². The van der Waals surface area contributed by atoms with Gasteiger partial charge in [0.1, 0.15) is 5.82 Å². The number of hydrogen-bond donors (Lipinski definition) is 1. The van der Waals surface area contributed by atoms with Crippen molar-refractivity contribution in [2.45, 2.75) is 51.5 Å². The van der Waals surface area contributed by atoms with Gasteiger partial charge in [-0.1, -0.05) is 37.4 Å². The third-order valence-electron chi connectivity index (χ3n) is 4.07. The predicted octanol–water partition coefficient (Wildman–Crippen LogP) is 4.58. The van der Waals surface area contributed by atoms with E-state index >= 15 is 0 Å². The number of nitrogens with one attached hydrogen (secondary N) is 1. The average Bonchev–Trinajstić information content (AvgIpc) is 2.92. The summed E-state index contributed by atoms with van der Waals surface area (Å²) in [5, 5.41) is 3.89. The summed E-state index contributed by atoms with van der Waals surface area (Å²) in [7, 11) is 0. The zero-order chi connectivity index (χ0) is 13.7. The Labute approximate surface area is 120 Å². The molecule has 0 bridgehead atoms. The van der Waals surface area contributed by atoms with Crippen molar-refractivity contribution >= 4 is 11.6 Å². The van der Waals surface area contributed by atoms with Crippen molar-refractivity contribution in [3.63, 3.8) is 0 Å². The van der Waals surface area contributed by atoms with Gasteiger partial charge in [-0.3, -0.25) is 0 Å². The van der Waals surface area contributed by atoms with E-state index in [9.17, 15) is 4.39 Å². The van der Waals surface area contributed by atoms with E-state index in [1.165, 1.54) is 31.7 Å². The first kappa shape index (κ1) is 14.8. The lowest BCUT2D eigenvalue weighted by Gasteiger charge is -2.25. The van der Waals surface area contributed by atoms with Gasteiger partial charge in [-0.25, -0.2) is 4.39 Å². The third-order valence-corrected chi connectivity index (χ3v) is 4.35. The van der Waals surface area contributed by atoms with Crippen LogP contribution in [0.15, 0.2) is 18.2 Å².